The molecule has 0 radical (unpaired) electrons. The molecule has 1 heterocycles. The van der Waals surface area contributed by atoms with Crippen LogP contribution in [0.25, 0.3) is 0 Å². The zero-order valence-electron chi connectivity index (χ0n) is 12.6. The van der Waals surface area contributed by atoms with E-state index in [1.807, 2.05) is 6.08 Å². The summed E-state index contributed by atoms with van der Waals surface area (Å²) in [6, 6.07) is 3.61. The van der Waals surface area contributed by atoms with Gasteiger partial charge in [0.2, 0.25) is 10.0 Å². The molecule has 0 saturated carbocycles. The van der Waals surface area contributed by atoms with Crippen molar-refractivity contribution in [1.29, 1.82) is 0 Å². The average Bonchev–Trinajstić information content (AvgIpc) is 2.40. The summed E-state index contributed by atoms with van der Waals surface area (Å²) in [5.74, 6) is -0.769. The lowest BCUT2D eigenvalue weighted by molar-refractivity contribution is 0.387. The summed E-state index contributed by atoms with van der Waals surface area (Å²) >= 11 is 0. The molecular formula is C15H21FN2O2S. The number of hydrogen-bond donors (Lipinski definition) is 1. The first kappa shape index (κ1) is 16.0. The third-order valence-electron chi connectivity index (χ3n) is 3.71. The van der Waals surface area contributed by atoms with E-state index in [2.05, 4.69) is 20.8 Å². The molecule has 2 rings (SSSR count). The Balaban J connectivity index is 2.31. The van der Waals surface area contributed by atoms with Crippen molar-refractivity contribution in [3.8, 4) is 0 Å². The van der Waals surface area contributed by atoms with Gasteiger partial charge in [-0.3, -0.25) is 0 Å². The van der Waals surface area contributed by atoms with Crippen LogP contribution in [0.1, 0.15) is 27.2 Å². The van der Waals surface area contributed by atoms with Crippen LogP contribution >= 0.6 is 0 Å². The molecule has 116 valence electrons. The highest BCUT2D eigenvalue weighted by Crippen LogP contribution is 2.32. The molecule has 0 aliphatic carbocycles. The molecule has 1 aromatic carbocycles. The van der Waals surface area contributed by atoms with Crippen LogP contribution < -0.4 is 5.73 Å². The summed E-state index contributed by atoms with van der Waals surface area (Å²) < 4.78 is 40.1. The minimum atomic E-state index is -3.85. The molecule has 1 aliphatic rings. The molecule has 0 fully saturated rings. The average molecular weight is 312 g/mol. The molecular weight excluding hydrogens is 291 g/mol. The lowest BCUT2D eigenvalue weighted by Crippen LogP contribution is -2.36. The topological polar surface area (TPSA) is 63.4 Å². The van der Waals surface area contributed by atoms with Gasteiger partial charge in [-0.15, -0.1) is 0 Å². The Labute approximate surface area is 125 Å². The highest BCUT2D eigenvalue weighted by atomic mass is 32.2. The number of hydrogen-bond acceptors (Lipinski definition) is 3. The first-order chi connectivity index (χ1) is 9.62. The van der Waals surface area contributed by atoms with E-state index in [9.17, 15) is 12.8 Å². The fraction of sp³-hybridized carbons (Fsp3) is 0.467. The Kier molecular flexibility index (Phi) is 4.13. The number of sulfonamides is 1. The highest BCUT2D eigenvalue weighted by Gasteiger charge is 2.30. The van der Waals surface area contributed by atoms with Crippen molar-refractivity contribution in [2.45, 2.75) is 32.1 Å². The van der Waals surface area contributed by atoms with Crippen LogP contribution in [-0.2, 0) is 10.0 Å². The number of anilines is 1. The zero-order valence-corrected chi connectivity index (χ0v) is 13.4. The molecule has 0 spiro atoms. The monoisotopic (exact) mass is 312 g/mol. The van der Waals surface area contributed by atoms with Crippen LogP contribution in [0, 0.1) is 11.2 Å². The van der Waals surface area contributed by atoms with Crippen molar-refractivity contribution in [2.24, 2.45) is 5.41 Å². The van der Waals surface area contributed by atoms with Gasteiger partial charge in [0, 0.05) is 18.8 Å². The van der Waals surface area contributed by atoms with Gasteiger partial charge in [-0.1, -0.05) is 32.4 Å². The van der Waals surface area contributed by atoms with E-state index < -0.39 is 15.8 Å². The molecule has 1 aromatic rings. The van der Waals surface area contributed by atoms with Gasteiger partial charge in [0.05, 0.1) is 0 Å². The van der Waals surface area contributed by atoms with Gasteiger partial charge < -0.3 is 5.73 Å². The molecule has 2 N–H and O–H groups in total. The predicted octanol–water partition coefficient (Wildman–Crippen LogP) is 2.77. The lowest BCUT2D eigenvalue weighted by atomic mass is 9.83. The van der Waals surface area contributed by atoms with Gasteiger partial charge in [0.1, 0.15) is 10.7 Å². The van der Waals surface area contributed by atoms with Crippen LogP contribution in [0.3, 0.4) is 0 Å². The quantitative estimate of drug-likeness (QED) is 0.674. The number of nitrogens with two attached hydrogens (primary N) is 1. The van der Waals surface area contributed by atoms with Gasteiger partial charge in [-0.2, -0.15) is 4.31 Å². The first-order valence-electron chi connectivity index (χ1n) is 6.87. The number of nitrogens with zero attached hydrogens (tertiary/aromatic N) is 1. The molecule has 4 nitrogen and oxygen atoms in total. The van der Waals surface area contributed by atoms with Crippen molar-refractivity contribution >= 4 is 15.7 Å². The van der Waals surface area contributed by atoms with E-state index >= 15 is 0 Å². The normalized spacial score (nSPS) is 17.6. The van der Waals surface area contributed by atoms with Crippen molar-refractivity contribution < 1.29 is 12.8 Å². The number of benzene rings is 1. The molecule has 6 heteroatoms. The second-order valence-corrected chi connectivity index (χ2v) is 8.19. The van der Waals surface area contributed by atoms with Crippen molar-refractivity contribution in [1.82, 2.24) is 4.31 Å². The summed E-state index contributed by atoms with van der Waals surface area (Å²) in [5.41, 5.74) is 7.06. The Morgan fingerprint density at radius 1 is 1.29 bits per heavy atom. The number of nitrogen functional groups attached to an aromatic ring is 1. The molecule has 0 saturated heterocycles. The molecule has 21 heavy (non-hydrogen) atoms. The maximum absolute atomic E-state index is 13.8. The second kappa shape index (κ2) is 5.42. The molecule has 0 atom stereocenters. The Bertz CT molecular complexity index is 675. The fourth-order valence-corrected chi connectivity index (χ4v) is 3.89. The molecule has 0 unspecified atom stereocenters. The van der Waals surface area contributed by atoms with Crippen LogP contribution in [-0.4, -0.2) is 25.8 Å². The van der Waals surface area contributed by atoms with Crippen molar-refractivity contribution in [3.63, 3.8) is 0 Å². The van der Waals surface area contributed by atoms with Gasteiger partial charge in [-0.05, 0) is 30.0 Å². The van der Waals surface area contributed by atoms with E-state index in [0.29, 0.717) is 13.0 Å². The van der Waals surface area contributed by atoms with Gasteiger partial charge in [0.25, 0.3) is 0 Å². The van der Waals surface area contributed by atoms with Crippen LogP contribution in [0.5, 0.6) is 0 Å². The number of halogens is 1. The maximum atomic E-state index is 13.8. The number of rotatable bonds is 2. The third-order valence-corrected chi connectivity index (χ3v) is 5.59. The molecule has 0 amide bonds. The smallest absolute Gasteiger partial charge is 0.246 e. The second-order valence-electron chi connectivity index (χ2n) is 6.28. The van der Waals surface area contributed by atoms with E-state index in [1.54, 1.807) is 0 Å². The van der Waals surface area contributed by atoms with Gasteiger partial charge in [-0.25, -0.2) is 12.8 Å². The molecule has 0 bridgehead atoms. The predicted molar refractivity (Wildman–Crippen MR) is 81.7 cm³/mol. The lowest BCUT2D eigenvalue weighted by Gasteiger charge is -2.31. The minimum absolute atomic E-state index is 0.0261. The van der Waals surface area contributed by atoms with E-state index in [1.165, 1.54) is 22.0 Å². The standard InChI is InChI=1S/C15H21FN2O2S/c1-15(2,3)11-6-8-18(9-7-11)21(19,20)14-10-12(17)4-5-13(14)16/h4-6,10H,7-9,17H2,1-3H3. The van der Waals surface area contributed by atoms with Crippen LogP contribution in [0.2, 0.25) is 0 Å². The SMILES string of the molecule is CC(C)(C)C1=CCN(S(=O)(=O)c2cc(N)ccc2F)CC1. The first-order valence-corrected chi connectivity index (χ1v) is 8.31. The summed E-state index contributed by atoms with van der Waals surface area (Å²) in [6.45, 7) is 6.92. The van der Waals surface area contributed by atoms with Crippen molar-refractivity contribution in [3.05, 3.63) is 35.7 Å². The molecule has 0 aromatic heterocycles. The fourth-order valence-electron chi connectivity index (χ4n) is 2.41. The summed E-state index contributed by atoms with van der Waals surface area (Å²) in [6.07, 6.45) is 2.58. The summed E-state index contributed by atoms with van der Waals surface area (Å²) in [5, 5.41) is 0. The molecule has 1 aliphatic heterocycles. The van der Waals surface area contributed by atoms with E-state index in [4.69, 9.17) is 5.73 Å². The largest absolute Gasteiger partial charge is 0.399 e. The van der Waals surface area contributed by atoms with Crippen LogP contribution in [0.15, 0.2) is 34.7 Å². The summed E-state index contributed by atoms with van der Waals surface area (Å²) in [7, 11) is -3.85. The third kappa shape index (κ3) is 3.27. The minimum Gasteiger partial charge on any atom is -0.399 e. The Morgan fingerprint density at radius 3 is 2.48 bits per heavy atom. The highest BCUT2D eigenvalue weighted by molar-refractivity contribution is 7.89. The zero-order chi connectivity index (χ0) is 15.8. The maximum Gasteiger partial charge on any atom is 0.246 e. The van der Waals surface area contributed by atoms with E-state index in [0.717, 1.165) is 6.07 Å². The van der Waals surface area contributed by atoms with Crippen molar-refractivity contribution in [2.75, 3.05) is 18.8 Å². The van der Waals surface area contributed by atoms with Gasteiger partial charge >= 0.3 is 0 Å². The Morgan fingerprint density at radius 2 is 1.95 bits per heavy atom. The summed E-state index contributed by atoms with van der Waals surface area (Å²) in [4.78, 5) is -0.352. The van der Waals surface area contributed by atoms with E-state index in [-0.39, 0.29) is 22.5 Å². The van der Waals surface area contributed by atoms with Gasteiger partial charge in [0.15, 0.2) is 0 Å². The Hall–Kier alpha value is -1.40. The van der Waals surface area contributed by atoms with Crippen LogP contribution in [0.4, 0.5) is 10.1 Å².